The second-order valence-electron chi connectivity index (χ2n) is 7.58. The van der Waals surface area contributed by atoms with Crippen LogP contribution in [0.1, 0.15) is 32.9 Å². The number of Topliss-reactive ketones (excluding diaryl/α,β-unsaturated/α-hetero) is 1. The zero-order valence-electron chi connectivity index (χ0n) is 18.7. The molecule has 7 heteroatoms. The van der Waals surface area contributed by atoms with E-state index in [0.29, 0.717) is 22.6 Å². The van der Waals surface area contributed by atoms with Gasteiger partial charge in [-0.15, -0.1) is 6.58 Å². The summed E-state index contributed by atoms with van der Waals surface area (Å²) < 4.78 is 1.94. The van der Waals surface area contributed by atoms with E-state index < -0.39 is 10.7 Å². The molecular formula is C26H23N3O3S. The van der Waals surface area contributed by atoms with Crippen molar-refractivity contribution in [3.8, 4) is 6.07 Å². The molecule has 0 aliphatic carbocycles. The lowest BCUT2D eigenvalue weighted by molar-refractivity contribution is -0.387. The van der Waals surface area contributed by atoms with Crippen LogP contribution in [0.5, 0.6) is 0 Å². The Kier molecular flexibility index (Phi) is 7.31. The number of hydrogen-bond acceptors (Lipinski definition) is 5. The van der Waals surface area contributed by atoms with Gasteiger partial charge in [-0.1, -0.05) is 41.6 Å². The first-order valence-corrected chi connectivity index (χ1v) is 11.0. The molecule has 0 saturated heterocycles. The van der Waals surface area contributed by atoms with Crippen molar-refractivity contribution in [2.45, 2.75) is 37.1 Å². The van der Waals surface area contributed by atoms with E-state index in [9.17, 15) is 20.2 Å². The second-order valence-corrected chi connectivity index (χ2v) is 8.70. The molecule has 0 radical (unpaired) electrons. The van der Waals surface area contributed by atoms with Gasteiger partial charge in [0, 0.05) is 34.5 Å². The van der Waals surface area contributed by atoms with Gasteiger partial charge in [0.25, 0.3) is 5.69 Å². The predicted molar refractivity (Wildman–Crippen MR) is 130 cm³/mol. The van der Waals surface area contributed by atoms with Gasteiger partial charge in [0.1, 0.15) is 11.6 Å². The first-order valence-electron chi connectivity index (χ1n) is 10.2. The predicted octanol–water partition coefficient (Wildman–Crippen LogP) is 6.45. The fourth-order valence-electron chi connectivity index (χ4n) is 3.49. The molecule has 0 aliphatic heterocycles. The van der Waals surface area contributed by atoms with Gasteiger partial charge in [-0.2, -0.15) is 5.26 Å². The summed E-state index contributed by atoms with van der Waals surface area (Å²) >= 11 is 1.29. The number of aryl methyl sites for hydroxylation is 2. The average molecular weight is 458 g/mol. The van der Waals surface area contributed by atoms with Crippen LogP contribution in [-0.2, 0) is 6.54 Å². The maximum Gasteiger partial charge on any atom is 0.283 e. The Morgan fingerprint density at radius 1 is 1.18 bits per heavy atom. The molecule has 0 unspecified atom stereocenters. The quantitative estimate of drug-likeness (QED) is 0.0968. The van der Waals surface area contributed by atoms with Crippen LogP contribution in [0.15, 0.2) is 76.5 Å². The number of carbonyl (C=O) groups is 1. The number of nitrogens with zero attached hydrogens (tertiary/aromatic N) is 3. The molecule has 0 saturated carbocycles. The molecule has 6 nitrogen and oxygen atoms in total. The highest BCUT2D eigenvalue weighted by atomic mass is 32.2. The second kappa shape index (κ2) is 10.2. The van der Waals surface area contributed by atoms with Crippen molar-refractivity contribution in [2.75, 3.05) is 0 Å². The summed E-state index contributed by atoms with van der Waals surface area (Å²) in [5, 5.41) is 21.3. The van der Waals surface area contributed by atoms with Gasteiger partial charge in [0.2, 0.25) is 5.78 Å². The number of nitro benzene ring substituents is 1. The molecule has 3 aromatic rings. The molecule has 1 aromatic heterocycles. The van der Waals surface area contributed by atoms with E-state index in [1.165, 1.54) is 23.9 Å². The smallest absolute Gasteiger partial charge is 0.283 e. The summed E-state index contributed by atoms with van der Waals surface area (Å²) in [4.78, 5) is 25.7. The average Bonchev–Trinajstić information content (AvgIpc) is 3.07. The van der Waals surface area contributed by atoms with Gasteiger partial charge in [0.15, 0.2) is 0 Å². The van der Waals surface area contributed by atoms with Crippen LogP contribution < -0.4 is 0 Å². The van der Waals surface area contributed by atoms with Crippen molar-refractivity contribution >= 4 is 29.3 Å². The van der Waals surface area contributed by atoms with E-state index >= 15 is 0 Å². The molecule has 1 heterocycles. The molecule has 0 fully saturated rings. The lowest BCUT2D eigenvalue weighted by Crippen LogP contribution is -2.06. The lowest BCUT2D eigenvalue weighted by Gasteiger charge is -2.06. The van der Waals surface area contributed by atoms with E-state index in [2.05, 4.69) is 6.58 Å². The number of allylic oxidation sites excluding steroid dienone is 2. The van der Waals surface area contributed by atoms with Crippen molar-refractivity contribution in [2.24, 2.45) is 0 Å². The van der Waals surface area contributed by atoms with Crippen molar-refractivity contribution in [1.82, 2.24) is 4.57 Å². The first kappa shape index (κ1) is 23.8. The van der Waals surface area contributed by atoms with Gasteiger partial charge < -0.3 is 4.57 Å². The first-order chi connectivity index (χ1) is 15.7. The molecule has 2 aromatic carbocycles. The Morgan fingerprint density at radius 2 is 1.88 bits per heavy atom. The molecule has 0 spiro atoms. The van der Waals surface area contributed by atoms with Gasteiger partial charge in [-0.3, -0.25) is 14.9 Å². The van der Waals surface area contributed by atoms with Gasteiger partial charge in [-0.25, -0.2) is 0 Å². The Bertz CT molecular complexity index is 1310. The van der Waals surface area contributed by atoms with E-state index in [-0.39, 0.29) is 11.3 Å². The van der Waals surface area contributed by atoms with Crippen LogP contribution in [0.25, 0.3) is 6.08 Å². The largest absolute Gasteiger partial charge is 0.345 e. The van der Waals surface area contributed by atoms with Crippen LogP contribution in [-0.4, -0.2) is 15.3 Å². The number of benzene rings is 2. The summed E-state index contributed by atoms with van der Waals surface area (Å²) in [7, 11) is 0. The number of hydrogen-bond donors (Lipinski definition) is 0. The number of nitriles is 1. The number of ketones is 1. The maximum absolute atomic E-state index is 13.1. The number of nitro groups is 1. The minimum absolute atomic E-state index is 0.0803. The fraction of sp³-hybridized carbons (Fsp3) is 0.154. The topological polar surface area (TPSA) is 88.9 Å². The number of aromatic nitrogens is 1. The molecule has 0 bridgehead atoms. The Morgan fingerprint density at radius 3 is 2.48 bits per heavy atom. The summed E-state index contributed by atoms with van der Waals surface area (Å²) in [5.74, 6) is -0.415. The minimum Gasteiger partial charge on any atom is -0.345 e. The maximum atomic E-state index is 13.1. The molecule has 0 aliphatic rings. The van der Waals surface area contributed by atoms with Crippen LogP contribution in [0, 0.1) is 42.2 Å². The lowest BCUT2D eigenvalue weighted by atomic mass is 10.0. The zero-order valence-corrected chi connectivity index (χ0v) is 19.5. The van der Waals surface area contributed by atoms with Gasteiger partial charge >= 0.3 is 0 Å². The third-order valence-electron chi connectivity index (χ3n) is 5.23. The third-order valence-corrected chi connectivity index (χ3v) is 6.31. The van der Waals surface area contributed by atoms with Crippen LogP contribution in [0.3, 0.4) is 0 Å². The van der Waals surface area contributed by atoms with Crippen molar-refractivity contribution in [1.29, 1.82) is 5.26 Å². The monoisotopic (exact) mass is 457 g/mol. The van der Waals surface area contributed by atoms with Crippen LogP contribution in [0.4, 0.5) is 5.69 Å². The molecule has 33 heavy (non-hydrogen) atoms. The third kappa shape index (κ3) is 5.30. The summed E-state index contributed by atoms with van der Waals surface area (Å²) in [6.45, 7) is 9.97. The highest BCUT2D eigenvalue weighted by Crippen LogP contribution is 2.36. The molecule has 0 N–H and O–H groups in total. The van der Waals surface area contributed by atoms with E-state index in [0.717, 1.165) is 21.8 Å². The normalized spacial score (nSPS) is 11.2. The Hall–Kier alpha value is -3.89. The summed E-state index contributed by atoms with van der Waals surface area (Å²) in [6.07, 6.45) is 3.14. The summed E-state index contributed by atoms with van der Waals surface area (Å²) in [5.41, 5.74) is 3.43. The van der Waals surface area contributed by atoms with Crippen LogP contribution in [0.2, 0.25) is 0 Å². The van der Waals surface area contributed by atoms with Crippen molar-refractivity contribution < 1.29 is 9.72 Å². The molecule has 0 atom stereocenters. The van der Waals surface area contributed by atoms with E-state index in [1.807, 2.05) is 55.7 Å². The fourth-order valence-corrected chi connectivity index (χ4v) is 4.39. The minimum atomic E-state index is -0.454. The van der Waals surface area contributed by atoms with Crippen LogP contribution >= 0.6 is 11.8 Å². The molecule has 3 rings (SSSR count). The number of carbonyl (C=O) groups excluding carboxylic acids is 1. The van der Waals surface area contributed by atoms with E-state index in [4.69, 9.17) is 0 Å². The van der Waals surface area contributed by atoms with Crippen molar-refractivity contribution in [3.05, 3.63) is 105 Å². The summed E-state index contributed by atoms with van der Waals surface area (Å²) in [6, 6.07) is 16.1. The molecule has 166 valence electrons. The van der Waals surface area contributed by atoms with E-state index in [1.54, 1.807) is 24.3 Å². The highest BCUT2D eigenvalue weighted by Gasteiger charge is 2.20. The van der Waals surface area contributed by atoms with Gasteiger partial charge in [-0.05, 0) is 56.7 Å². The Labute approximate surface area is 197 Å². The van der Waals surface area contributed by atoms with Gasteiger partial charge in [0.05, 0.1) is 9.82 Å². The standard InChI is InChI=1S/C26H23N3O3S/c1-5-12-28-18(3)13-23(19(28)4)26(30)21(16-27)14-20-8-11-25(24(15-20)29(31)32)33-22-9-6-17(2)7-10-22/h5-11,13-15H,1,12H2,2-4H3/b21-14+. The number of rotatable bonds is 8. The highest BCUT2D eigenvalue weighted by molar-refractivity contribution is 7.99. The molecule has 0 amide bonds. The van der Waals surface area contributed by atoms with Crippen molar-refractivity contribution in [3.63, 3.8) is 0 Å². The Balaban J connectivity index is 1.96. The molecular weight excluding hydrogens is 434 g/mol. The SMILES string of the molecule is C=CCn1c(C)cc(C(=O)/C(C#N)=C/c2ccc(Sc3ccc(C)cc3)c([N+](=O)[O-])c2)c1C. The zero-order chi connectivity index (χ0) is 24.1.